The lowest BCUT2D eigenvalue weighted by molar-refractivity contribution is -0.573. The second-order valence-electron chi connectivity index (χ2n) is 11.5. The van der Waals surface area contributed by atoms with E-state index in [1.54, 1.807) is 6.07 Å². The number of aromatic nitrogens is 1. The number of rotatable bonds is 1. The summed E-state index contributed by atoms with van der Waals surface area (Å²) in [4.78, 5) is 4.89. The molecular weight excluding hydrogens is 500 g/mol. The molecule has 0 fully saturated rings. The summed E-state index contributed by atoms with van der Waals surface area (Å²) >= 11 is 0. The Hall–Kier alpha value is -4.25. The lowest BCUT2D eigenvalue weighted by atomic mass is 9.75. The zero-order valence-electron chi connectivity index (χ0n) is 22.4. The lowest BCUT2D eigenvalue weighted by Gasteiger charge is -2.48. The van der Waals surface area contributed by atoms with E-state index in [0.717, 1.165) is 47.3 Å². The van der Waals surface area contributed by atoms with Crippen LogP contribution in [0.1, 0.15) is 46.3 Å². The SMILES string of the molecule is C=C1C2C(CCc3ccc(F)c(F)c3-c3cc(C)c(-c4ccccc4)c[n+]31)c1cccc3c1C1N(C=CN21)CC3. The first-order chi connectivity index (χ1) is 19.5. The molecule has 0 spiro atoms. The van der Waals surface area contributed by atoms with Crippen LogP contribution in [-0.4, -0.2) is 22.4 Å². The molecule has 8 rings (SSSR count). The van der Waals surface area contributed by atoms with E-state index in [1.807, 2.05) is 35.8 Å². The molecule has 4 aromatic rings. The van der Waals surface area contributed by atoms with Crippen LogP contribution in [0, 0.1) is 18.6 Å². The number of pyridine rings is 1. The quantitative estimate of drug-likeness (QED) is 0.243. The number of benzene rings is 3. The van der Waals surface area contributed by atoms with E-state index in [2.05, 4.69) is 58.7 Å². The van der Waals surface area contributed by atoms with Crippen LogP contribution in [0.5, 0.6) is 0 Å². The van der Waals surface area contributed by atoms with E-state index in [1.165, 1.54) is 22.8 Å². The summed E-state index contributed by atoms with van der Waals surface area (Å²) in [6, 6.07) is 22.0. The molecule has 0 N–H and O–H groups in total. The minimum absolute atomic E-state index is 0.0376. The largest absolute Gasteiger partial charge is 0.352 e. The van der Waals surface area contributed by atoms with Gasteiger partial charge in [0.05, 0.1) is 5.56 Å². The van der Waals surface area contributed by atoms with Crippen LogP contribution in [0.4, 0.5) is 8.78 Å². The average Bonchev–Trinajstić information content (AvgIpc) is 3.42. The van der Waals surface area contributed by atoms with Crippen LogP contribution in [0.2, 0.25) is 0 Å². The molecule has 3 atom stereocenters. The predicted molar refractivity (Wildman–Crippen MR) is 153 cm³/mol. The van der Waals surface area contributed by atoms with Gasteiger partial charge in [-0.3, -0.25) is 0 Å². The van der Waals surface area contributed by atoms with Crippen LogP contribution < -0.4 is 4.57 Å². The molecule has 0 radical (unpaired) electrons. The van der Waals surface area contributed by atoms with Crippen molar-refractivity contribution in [1.29, 1.82) is 0 Å². The summed E-state index contributed by atoms with van der Waals surface area (Å²) in [6.45, 7) is 7.75. The van der Waals surface area contributed by atoms with E-state index in [9.17, 15) is 4.39 Å². The fraction of sp³-hybridized carbons (Fsp3) is 0.229. The van der Waals surface area contributed by atoms with E-state index in [4.69, 9.17) is 6.58 Å². The van der Waals surface area contributed by atoms with Gasteiger partial charge < -0.3 is 9.80 Å². The Morgan fingerprint density at radius 3 is 2.62 bits per heavy atom. The lowest BCUT2D eigenvalue weighted by Crippen LogP contribution is -2.53. The molecule has 3 aromatic carbocycles. The van der Waals surface area contributed by atoms with Crippen molar-refractivity contribution in [2.45, 2.75) is 44.3 Å². The highest BCUT2D eigenvalue weighted by Gasteiger charge is 2.50. The third kappa shape index (κ3) is 3.24. The van der Waals surface area contributed by atoms with Crippen molar-refractivity contribution in [3.8, 4) is 22.4 Å². The Kier molecular flexibility index (Phi) is 5.09. The van der Waals surface area contributed by atoms with Crippen molar-refractivity contribution in [2.24, 2.45) is 0 Å². The van der Waals surface area contributed by atoms with Gasteiger partial charge in [0.1, 0.15) is 12.2 Å². The molecule has 1 aromatic heterocycles. The second-order valence-corrected chi connectivity index (χ2v) is 11.5. The number of aryl methyl sites for hydroxylation is 2. The fourth-order valence-electron chi connectivity index (χ4n) is 7.62. The first-order valence-corrected chi connectivity index (χ1v) is 14.1. The van der Waals surface area contributed by atoms with Gasteiger partial charge in [0.2, 0.25) is 11.4 Å². The number of nitrogens with zero attached hydrogens (tertiary/aromatic N) is 3. The molecule has 40 heavy (non-hydrogen) atoms. The molecule has 0 amide bonds. The topological polar surface area (TPSA) is 10.4 Å². The Morgan fingerprint density at radius 2 is 1.77 bits per heavy atom. The van der Waals surface area contributed by atoms with Crippen LogP contribution in [0.25, 0.3) is 28.1 Å². The minimum atomic E-state index is -0.823. The Bertz CT molecular complexity index is 1740. The van der Waals surface area contributed by atoms with Gasteiger partial charge >= 0.3 is 0 Å². The van der Waals surface area contributed by atoms with E-state index in [-0.39, 0.29) is 18.1 Å². The minimum Gasteiger partial charge on any atom is -0.352 e. The van der Waals surface area contributed by atoms with Crippen molar-refractivity contribution in [2.75, 3.05) is 6.54 Å². The molecule has 5 heteroatoms. The van der Waals surface area contributed by atoms with Crippen LogP contribution in [0.15, 0.2) is 91.9 Å². The first-order valence-electron chi connectivity index (χ1n) is 14.1. The van der Waals surface area contributed by atoms with Crippen molar-refractivity contribution >= 4 is 5.70 Å². The molecular formula is C35H30F2N3+. The van der Waals surface area contributed by atoms with Crippen molar-refractivity contribution in [3.05, 3.63) is 131 Å². The standard InChI is InChI=1S/C35H30F2N3/c1-21-19-30-32-25(12-14-29(36)33(32)37)11-13-27-26-10-6-9-24-15-16-38-17-18-39(35(38)31(24)26)34(27)22(2)40(30)20-28(21)23-7-4-3-5-8-23/h3-10,12,14,17-20,27,34-35H,2,11,13,15-16H2,1H3/q+1. The molecule has 0 saturated heterocycles. The van der Waals surface area contributed by atoms with Crippen LogP contribution in [0.3, 0.4) is 0 Å². The summed E-state index contributed by atoms with van der Waals surface area (Å²) in [5, 5.41) is 0. The molecule has 0 bridgehead atoms. The van der Waals surface area contributed by atoms with Crippen LogP contribution in [-0.2, 0) is 12.8 Å². The Labute approximate surface area is 233 Å². The number of halogens is 2. The normalized spacial score (nSPS) is 22.1. The summed E-state index contributed by atoms with van der Waals surface area (Å²) in [5.74, 6) is -1.46. The summed E-state index contributed by atoms with van der Waals surface area (Å²) in [5.41, 5.74) is 10.0. The molecule has 4 aliphatic heterocycles. The number of hydrogen-bond acceptors (Lipinski definition) is 2. The third-order valence-corrected chi connectivity index (χ3v) is 9.45. The molecule has 5 heterocycles. The van der Waals surface area contributed by atoms with E-state index >= 15 is 4.39 Å². The van der Waals surface area contributed by atoms with Gasteiger partial charge in [-0.15, -0.1) is 0 Å². The summed E-state index contributed by atoms with van der Waals surface area (Å²) < 4.78 is 32.6. The highest BCUT2D eigenvalue weighted by Crippen LogP contribution is 2.51. The van der Waals surface area contributed by atoms with Crippen molar-refractivity contribution < 1.29 is 13.3 Å². The van der Waals surface area contributed by atoms with Gasteiger partial charge in [-0.1, -0.05) is 54.6 Å². The predicted octanol–water partition coefficient (Wildman–Crippen LogP) is 7.12. The monoisotopic (exact) mass is 530 g/mol. The van der Waals surface area contributed by atoms with Crippen molar-refractivity contribution in [1.82, 2.24) is 9.80 Å². The van der Waals surface area contributed by atoms with Gasteiger partial charge in [0, 0.05) is 42.1 Å². The Morgan fingerprint density at radius 1 is 0.925 bits per heavy atom. The smallest absolute Gasteiger partial charge is 0.221 e. The van der Waals surface area contributed by atoms with Gasteiger partial charge in [0.25, 0.3) is 0 Å². The van der Waals surface area contributed by atoms with E-state index < -0.39 is 11.6 Å². The van der Waals surface area contributed by atoms with Gasteiger partial charge in [0.15, 0.2) is 17.8 Å². The van der Waals surface area contributed by atoms with E-state index in [0.29, 0.717) is 17.7 Å². The second kappa shape index (κ2) is 8.62. The maximum Gasteiger partial charge on any atom is 0.221 e. The molecule has 0 aliphatic carbocycles. The molecule has 3 nitrogen and oxygen atoms in total. The molecule has 198 valence electrons. The maximum atomic E-state index is 15.8. The molecule has 0 saturated carbocycles. The molecule has 4 aliphatic rings. The average molecular weight is 531 g/mol. The highest BCUT2D eigenvalue weighted by atomic mass is 19.2. The zero-order chi connectivity index (χ0) is 27.1. The van der Waals surface area contributed by atoms with Crippen molar-refractivity contribution in [3.63, 3.8) is 0 Å². The Balaban J connectivity index is 1.41. The number of fused-ring (bicyclic) bond motifs is 6. The number of hydrogen-bond donors (Lipinski definition) is 0. The maximum absolute atomic E-state index is 15.8. The van der Waals surface area contributed by atoms with Crippen LogP contribution >= 0.6 is 0 Å². The highest BCUT2D eigenvalue weighted by molar-refractivity contribution is 5.71. The van der Waals surface area contributed by atoms with Gasteiger partial charge in [-0.05, 0) is 66.6 Å². The molecule has 3 unspecified atom stereocenters. The van der Waals surface area contributed by atoms with Gasteiger partial charge in [-0.25, -0.2) is 8.78 Å². The summed E-state index contributed by atoms with van der Waals surface area (Å²) in [6.07, 6.45) is 9.15. The third-order valence-electron chi connectivity index (χ3n) is 9.45. The fourth-order valence-corrected chi connectivity index (χ4v) is 7.62. The first kappa shape index (κ1) is 23.6. The van der Waals surface area contributed by atoms with Gasteiger partial charge in [-0.2, -0.15) is 4.57 Å². The zero-order valence-corrected chi connectivity index (χ0v) is 22.4. The summed E-state index contributed by atoms with van der Waals surface area (Å²) in [7, 11) is 0.